The molecule has 1 aliphatic rings. The monoisotopic (exact) mass is 510 g/mol. The second kappa shape index (κ2) is 9.99. The van der Waals surface area contributed by atoms with Crippen LogP contribution in [0.3, 0.4) is 0 Å². The van der Waals surface area contributed by atoms with Gasteiger partial charge in [-0.05, 0) is 47.4 Å². The number of nitrogens with zero attached hydrogens (tertiary/aromatic N) is 4. The highest BCUT2D eigenvalue weighted by Gasteiger charge is 2.22. The summed E-state index contributed by atoms with van der Waals surface area (Å²) >= 11 is 0. The fourth-order valence-electron chi connectivity index (χ4n) is 6.12. The van der Waals surface area contributed by atoms with E-state index in [2.05, 4.69) is 77.5 Å². The summed E-state index contributed by atoms with van der Waals surface area (Å²) in [7, 11) is 0. The first-order valence-electron chi connectivity index (χ1n) is 13.9. The van der Waals surface area contributed by atoms with E-state index in [0.29, 0.717) is 5.39 Å². The van der Waals surface area contributed by atoms with Gasteiger partial charge in [0, 0.05) is 35.1 Å². The van der Waals surface area contributed by atoms with Gasteiger partial charge in [0.25, 0.3) is 5.56 Å². The molecule has 0 unspecified atom stereocenters. The van der Waals surface area contributed by atoms with Gasteiger partial charge in [-0.3, -0.25) is 4.79 Å². The van der Waals surface area contributed by atoms with E-state index in [9.17, 15) is 4.79 Å². The van der Waals surface area contributed by atoms with Gasteiger partial charge in [-0.1, -0.05) is 92.1 Å². The lowest BCUT2D eigenvalue weighted by atomic mass is 9.88. The molecule has 6 aromatic rings. The van der Waals surface area contributed by atoms with E-state index < -0.39 is 0 Å². The van der Waals surface area contributed by atoms with Crippen molar-refractivity contribution in [2.24, 2.45) is 5.10 Å². The Morgan fingerprint density at radius 3 is 2.38 bits per heavy atom. The summed E-state index contributed by atoms with van der Waals surface area (Å²) < 4.78 is 3.84. The summed E-state index contributed by atoms with van der Waals surface area (Å²) in [5, 5.41) is 9.05. The Balaban J connectivity index is 1.33. The first-order chi connectivity index (χ1) is 19.3. The van der Waals surface area contributed by atoms with Gasteiger partial charge in [-0.25, -0.2) is 4.98 Å². The van der Waals surface area contributed by atoms with Crippen LogP contribution in [0.15, 0.2) is 107 Å². The summed E-state index contributed by atoms with van der Waals surface area (Å²) in [5.41, 5.74) is 4.05. The molecule has 5 heteroatoms. The summed E-state index contributed by atoms with van der Waals surface area (Å²) in [6.07, 6.45) is 9.66. The number of rotatable bonds is 5. The van der Waals surface area contributed by atoms with E-state index in [1.807, 2.05) is 30.5 Å². The van der Waals surface area contributed by atoms with E-state index in [-0.39, 0.29) is 11.5 Å². The summed E-state index contributed by atoms with van der Waals surface area (Å²) in [6.45, 7) is 0.751. The first-order valence-corrected chi connectivity index (χ1v) is 13.9. The highest BCUT2D eigenvalue weighted by molar-refractivity contribution is 5.99. The van der Waals surface area contributed by atoms with Crippen molar-refractivity contribution in [1.82, 2.24) is 14.2 Å². The second-order valence-electron chi connectivity index (χ2n) is 10.6. The molecule has 192 valence electrons. The number of aromatic nitrogens is 3. The maximum absolute atomic E-state index is 13.7. The van der Waals surface area contributed by atoms with E-state index >= 15 is 0 Å². The van der Waals surface area contributed by atoms with Crippen LogP contribution in [0.4, 0.5) is 0 Å². The minimum atomic E-state index is -0.100. The van der Waals surface area contributed by atoms with Crippen molar-refractivity contribution in [3.63, 3.8) is 0 Å². The zero-order chi connectivity index (χ0) is 26.2. The smallest absolute Gasteiger partial charge is 0.282 e. The van der Waals surface area contributed by atoms with Crippen LogP contribution >= 0.6 is 0 Å². The Labute approximate surface area is 227 Å². The quantitative estimate of drug-likeness (QED) is 0.226. The summed E-state index contributed by atoms with van der Waals surface area (Å²) in [4.78, 5) is 18.6. The highest BCUT2D eigenvalue weighted by Crippen LogP contribution is 2.32. The fourth-order valence-corrected chi connectivity index (χ4v) is 6.12. The Kier molecular flexibility index (Phi) is 6.04. The van der Waals surface area contributed by atoms with E-state index in [1.54, 1.807) is 4.68 Å². The molecule has 0 N–H and O–H groups in total. The minimum Gasteiger partial charge on any atom is -0.342 e. The molecule has 0 amide bonds. The van der Waals surface area contributed by atoms with Crippen LogP contribution in [-0.2, 0) is 6.54 Å². The molecule has 0 spiro atoms. The van der Waals surface area contributed by atoms with Gasteiger partial charge < -0.3 is 4.57 Å². The van der Waals surface area contributed by atoms with Gasteiger partial charge in [0.1, 0.15) is 5.82 Å². The predicted molar refractivity (Wildman–Crippen MR) is 160 cm³/mol. The van der Waals surface area contributed by atoms with Crippen molar-refractivity contribution in [3.8, 4) is 0 Å². The SMILES string of the molecule is O=c1c2ccccc2nc(C2CCCCC2)n1N=Cc1cn(Cc2cccc3ccccc23)c2ccccc12. The van der Waals surface area contributed by atoms with Crippen LogP contribution in [0.5, 0.6) is 0 Å². The zero-order valence-electron chi connectivity index (χ0n) is 21.8. The van der Waals surface area contributed by atoms with E-state index in [0.717, 1.165) is 47.2 Å². The number of para-hydroxylation sites is 2. The van der Waals surface area contributed by atoms with Crippen LogP contribution in [0, 0.1) is 0 Å². The number of hydrogen-bond acceptors (Lipinski definition) is 3. The van der Waals surface area contributed by atoms with E-state index in [1.165, 1.54) is 35.6 Å². The van der Waals surface area contributed by atoms with Crippen molar-refractivity contribution in [3.05, 3.63) is 124 Å². The van der Waals surface area contributed by atoms with Crippen LogP contribution in [0.25, 0.3) is 32.6 Å². The van der Waals surface area contributed by atoms with Crippen molar-refractivity contribution in [1.29, 1.82) is 0 Å². The normalized spacial score (nSPS) is 14.7. The molecule has 0 radical (unpaired) electrons. The lowest BCUT2D eigenvalue weighted by Gasteiger charge is -2.22. The van der Waals surface area contributed by atoms with Crippen molar-refractivity contribution in [2.45, 2.75) is 44.6 Å². The molecular formula is C34H30N4O. The minimum absolute atomic E-state index is 0.100. The Bertz CT molecular complexity index is 1900. The molecule has 7 rings (SSSR count). The Morgan fingerprint density at radius 1 is 0.795 bits per heavy atom. The van der Waals surface area contributed by atoms with Gasteiger partial charge in [0.2, 0.25) is 0 Å². The van der Waals surface area contributed by atoms with Crippen LogP contribution in [-0.4, -0.2) is 20.4 Å². The molecule has 0 aliphatic heterocycles. The van der Waals surface area contributed by atoms with Crippen LogP contribution < -0.4 is 5.56 Å². The third-order valence-electron chi connectivity index (χ3n) is 8.10. The van der Waals surface area contributed by atoms with Gasteiger partial charge in [-0.15, -0.1) is 0 Å². The first kappa shape index (κ1) is 23.6. The van der Waals surface area contributed by atoms with Crippen molar-refractivity contribution >= 4 is 38.8 Å². The maximum Gasteiger partial charge on any atom is 0.282 e. The number of hydrogen-bond donors (Lipinski definition) is 0. The van der Waals surface area contributed by atoms with Crippen LogP contribution in [0.2, 0.25) is 0 Å². The van der Waals surface area contributed by atoms with Gasteiger partial charge in [-0.2, -0.15) is 9.78 Å². The Hall–Kier alpha value is -4.51. The predicted octanol–water partition coefficient (Wildman–Crippen LogP) is 7.48. The van der Waals surface area contributed by atoms with E-state index in [4.69, 9.17) is 10.1 Å². The summed E-state index contributed by atoms with van der Waals surface area (Å²) in [5.74, 6) is 1.04. The molecule has 39 heavy (non-hydrogen) atoms. The lowest BCUT2D eigenvalue weighted by molar-refractivity contribution is 0.416. The molecule has 4 aromatic carbocycles. The fraction of sp³-hybridized carbons (Fsp3) is 0.206. The molecule has 2 aromatic heterocycles. The third-order valence-corrected chi connectivity index (χ3v) is 8.10. The Morgan fingerprint density at radius 2 is 1.51 bits per heavy atom. The average Bonchev–Trinajstić information content (AvgIpc) is 3.34. The molecule has 1 saturated carbocycles. The van der Waals surface area contributed by atoms with Crippen molar-refractivity contribution < 1.29 is 0 Å². The molecule has 0 bridgehead atoms. The number of fused-ring (bicyclic) bond motifs is 3. The van der Waals surface area contributed by atoms with Crippen LogP contribution in [0.1, 0.15) is 55.0 Å². The standard InChI is InChI=1S/C34H30N4O/c39-34-30-18-6-8-19-31(30)36-33(25-12-2-1-3-13-25)38(34)35-21-27-23-37(32-20-9-7-17-29(27)32)22-26-15-10-14-24-11-4-5-16-28(24)26/h4-11,14-21,23,25H,1-3,12-13,22H2. The molecule has 0 saturated heterocycles. The molecular weight excluding hydrogens is 480 g/mol. The third kappa shape index (κ3) is 4.34. The molecule has 0 atom stereocenters. The largest absolute Gasteiger partial charge is 0.342 e. The molecule has 2 heterocycles. The van der Waals surface area contributed by atoms with Crippen molar-refractivity contribution in [2.75, 3.05) is 0 Å². The van der Waals surface area contributed by atoms with Gasteiger partial charge in [0.15, 0.2) is 0 Å². The molecule has 1 fully saturated rings. The van der Waals surface area contributed by atoms with Gasteiger partial charge >= 0.3 is 0 Å². The average molecular weight is 511 g/mol. The zero-order valence-corrected chi connectivity index (χ0v) is 21.8. The highest BCUT2D eigenvalue weighted by atomic mass is 16.1. The number of benzene rings is 4. The topological polar surface area (TPSA) is 52.2 Å². The molecule has 5 nitrogen and oxygen atoms in total. The molecule has 1 aliphatic carbocycles. The van der Waals surface area contributed by atoms with Gasteiger partial charge in [0.05, 0.1) is 17.1 Å². The second-order valence-corrected chi connectivity index (χ2v) is 10.6. The lowest BCUT2D eigenvalue weighted by Crippen LogP contribution is -2.25. The summed E-state index contributed by atoms with van der Waals surface area (Å²) in [6, 6.07) is 31.0. The maximum atomic E-state index is 13.7.